The van der Waals surface area contributed by atoms with E-state index in [9.17, 15) is 0 Å². The summed E-state index contributed by atoms with van der Waals surface area (Å²) in [4.78, 5) is 15.2. The summed E-state index contributed by atoms with van der Waals surface area (Å²) in [7, 11) is 1.99. The second-order valence-corrected chi connectivity index (χ2v) is 4.78. The SMILES string of the molecule is CCNCc1cnc(N(C)Cc2cccnc2)nc1C. The van der Waals surface area contributed by atoms with Crippen molar-refractivity contribution in [2.24, 2.45) is 0 Å². The zero-order valence-electron chi connectivity index (χ0n) is 12.3. The lowest BCUT2D eigenvalue weighted by Gasteiger charge is -2.18. The van der Waals surface area contributed by atoms with Gasteiger partial charge in [-0.1, -0.05) is 13.0 Å². The molecule has 0 amide bonds. The van der Waals surface area contributed by atoms with Gasteiger partial charge in [-0.15, -0.1) is 0 Å². The average molecular weight is 271 g/mol. The van der Waals surface area contributed by atoms with Crippen molar-refractivity contribution in [1.29, 1.82) is 0 Å². The summed E-state index contributed by atoms with van der Waals surface area (Å²) in [6.45, 7) is 6.62. The van der Waals surface area contributed by atoms with Crippen molar-refractivity contribution in [1.82, 2.24) is 20.3 Å². The van der Waals surface area contributed by atoms with Gasteiger partial charge in [-0.3, -0.25) is 4.98 Å². The number of anilines is 1. The van der Waals surface area contributed by atoms with Crippen LogP contribution in [0.15, 0.2) is 30.7 Å². The molecule has 5 nitrogen and oxygen atoms in total. The molecule has 0 radical (unpaired) electrons. The Morgan fingerprint density at radius 2 is 2.15 bits per heavy atom. The van der Waals surface area contributed by atoms with Crippen LogP contribution in [0.25, 0.3) is 0 Å². The fourth-order valence-corrected chi connectivity index (χ4v) is 1.93. The standard InChI is InChI=1S/C15H21N5/c1-4-16-9-14-10-18-15(19-12(14)2)20(3)11-13-6-5-7-17-8-13/h5-8,10,16H,4,9,11H2,1-3H3. The largest absolute Gasteiger partial charge is 0.339 e. The lowest BCUT2D eigenvalue weighted by atomic mass is 10.2. The first kappa shape index (κ1) is 14.4. The van der Waals surface area contributed by atoms with E-state index in [1.165, 1.54) is 0 Å². The molecule has 0 fully saturated rings. The van der Waals surface area contributed by atoms with E-state index < -0.39 is 0 Å². The van der Waals surface area contributed by atoms with Crippen LogP contribution in [-0.2, 0) is 13.1 Å². The van der Waals surface area contributed by atoms with E-state index in [-0.39, 0.29) is 0 Å². The highest BCUT2D eigenvalue weighted by Crippen LogP contribution is 2.12. The Morgan fingerprint density at radius 3 is 2.80 bits per heavy atom. The summed E-state index contributed by atoms with van der Waals surface area (Å²) in [5.41, 5.74) is 3.31. The Kier molecular flexibility index (Phi) is 5.01. The van der Waals surface area contributed by atoms with Crippen molar-refractivity contribution in [2.45, 2.75) is 26.9 Å². The first-order valence-corrected chi connectivity index (χ1v) is 6.84. The smallest absolute Gasteiger partial charge is 0.225 e. The normalized spacial score (nSPS) is 10.6. The van der Waals surface area contributed by atoms with Gasteiger partial charge in [-0.05, 0) is 25.1 Å². The topological polar surface area (TPSA) is 53.9 Å². The molecule has 2 rings (SSSR count). The zero-order chi connectivity index (χ0) is 14.4. The van der Waals surface area contributed by atoms with Crippen molar-refractivity contribution in [3.05, 3.63) is 47.5 Å². The van der Waals surface area contributed by atoms with Gasteiger partial charge >= 0.3 is 0 Å². The molecule has 0 saturated heterocycles. The monoisotopic (exact) mass is 271 g/mol. The van der Waals surface area contributed by atoms with Gasteiger partial charge < -0.3 is 10.2 Å². The van der Waals surface area contributed by atoms with Crippen LogP contribution in [0.1, 0.15) is 23.7 Å². The van der Waals surface area contributed by atoms with Crippen molar-refractivity contribution >= 4 is 5.95 Å². The van der Waals surface area contributed by atoms with Gasteiger partial charge in [-0.2, -0.15) is 0 Å². The zero-order valence-corrected chi connectivity index (χ0v) is 12.3. The molecule has 0 aromatic carbocycles. The first-order chi connectivity index (χ1) is 9.70. The molecule has 0 bridgehead atoms. The maximum Gasteiger partial charge on any atom is 0.225 e. The third-order valence-electron chi connectivity index (χ3n) is 3.12. The molecule has 0 aliphatic heterocycles. The van der Waals surface area contributed by atoms with Crippen LogP contribution in [0.5, 0.6) is 0 Å². The maximum absolute atomic E-state index is 4.58. The van der Waals surface area contributed by atoms with Gasteiger partial charge in [0, 0.05) is 50.0 Å². The molecule has 5 heteroatoms. The van der Waals surface area contributed by atoms with E-state index in [0.717, 1.165) is 42.4 Å². The number of aromatic nitrogens is 3. The summed E-state index contributed by atoms with van der Waals surface area (Å²) >= 11 is 0. The molecule has 2 aromatic heterocycles. The minimum atomic E-state index is 0.742. The van der Waals surface area contributed by atoms with Gasteiger partial charge in [0.1, 0.15) is 0 Å². The van der Waals surface area contributed by atoms with Crippen molar-refractivity contribution in [3.63, 3.8) is 0 Å². The molecule has 106 valence electrons. The highest BCUT2D eigenvalue weighted by Gasteiger charge is 2.08. The molecular weight excluding hydrogens is 250 g/mol. The van der Waals surface area contributed by atoms with Crippen LogP contribution in [-0.4, -0.2) is 28.5 Å². The van der Waals surface area contributed by atoms with E-state index in [1.807, 2.05) is 37.3 Å². The molecule has 0 saturated carbocycles. The minimum Gasteiger partial charge on any atom is -0.339 e. The van der Waals surface area contributed by atoms with E-state index in [1.54, 1.807) is 6.20 Å². The maximum atomic E-state index is 4.58. The number of rotatable bonds is 6. The Hall–Kier alpha value is -2.01. The molecule has 0 spiro atoms. The highest BCUT2D eigenvalue weighted by atomic mass is 15.2. The number of hydrogen-bond donors (Lipinski definition) is 1. The third kappa shape index (κ3) is 3.74. The van der Waals surface area contributed by atoms with Gasteiger partial charge in [0.15, 0.2) is 0 Å². The van der Waals surface area contributed by atoms with Crippen molar-refractivity contribution in [3.8, 4) is 0 Å². The number of nitrogens with zero attached hydrogens (tertiary/aromatic N) is 4. The predicted octanol–water partition coefficient (Wildman–Crippen LogP) is 1.93. The quantitative estimate of drug-likeness (QED) is 0.870. The molecule has 0 atom stereocenters. The van der Waals surface area contributed by atoms with Gasteiger partial charge in [0.2, 0.25) is 5.95 Å². The van der Waals surface area contributed by atoms with E-state index in [2.05, 4.69) is 33.3 Å². The first-order valence-electron chi connectivity index (χ1n) is 6.84. The van der Waals surface area contributed by atoms with Gasteiger partial charge in [0.25, 0.3) is 0 Å². The van der Waals surface area contributed by atoms with Crippen molar-refractivity contribution < 1.29 is 0 Å². The summed E-state index contributed by atoms with van der Waals surface area (Å²) in [5, 5.41) is 3.29. The second kappa shape index (κ2) is 6.96. The fraction of sp³-hybridized carbons (Fsp3) is 0.400. The highest BCUT2D eigenvalue weighted by molar-refractivity contribution is 5.33. The fourth-order valence-electron chi connectivity index (χ4n) is 1.93. The van der Waals surface area contributed by atoms with E-state index >= 15 is 0 Å². The summed E-state index contributed by atoms with van der Waals surface area (Å²) < 4.78 is 0. The molecule has 20 heavy (non-hydrogen) atoms. The molecule has 1 N–H and O–H groups in total. The summed E-state index contributed by atoms with van der Waals surface area (Å²) in [6, 6.07) is 3.99. The van der Waals surface area contributed by atoms with Crippen LogP contribution < -0.4 is 10.2 Å². The Balaban J connectivity index is 2.07. The summed E-state index contributed by atoms with van der Waals surface area (Å²) in [6.07, 6.45) is 5.54. The number of nitrogens with one attached hydrogen (secondary N) is 1. The third-order valence-corrected chi connectivity index (χ3v) is 3.12. The van der Waals surface area contributed by atoms with Crippen LogP contribution >= 0.6 is 0 Å². The molecule has 0 aliphatic rings. The number of hydrogen-bond acceptors (Lipinski definition) is 5. The molecule has 2 aromatic rings. The Morgan fingerprint density at radius 1 is 1.30 bits per heavy atom. The second-order valence-electron chi connectivity index (χ2n) is 4.78. The lowest BCUT2D eigenvalue weighted by molar-refractivity contribution is 0.713. The number of pyridine rings is 1. The van der Waals surface area contributed by atoms with Crippen LogP contribution in [0.2, 0.25) is 0 Å². The molecule has 2 heterocycles. The van der Waals surface area contributed by atoms with Crippen LogP contribution in [0, 0.1) is 6.92 Å². The van der Waals surface area contributed by atoms with Gasteiger partial charge in [0.05, 0.1) is 0 Å². The van der Waals surface area contributed by atoms with Crippen LogP contribution in [0.4, 0.5) is 5.95 Å². The molecule has 0 unspecified atom stereocenters. The lowest BCUT2D eigenvalue weighted by Crippen LogP contribution is -2.20. The Bertz CT molecular complexity index is 541. The average Bonchev–Trinajstić information content (AvgIpc) is 2.47. The van der Waals surface area contributed by atoms with Crippen LogP contribution in [0.3, 0.4) is 0 Å². The number of aryl methyl sites for hydroxylation is 1. The van der Waals surface area contributed by atoms with E-state index in [4.69, 9.17) is 0 Å². The minimum absolute atomic E-state index is 0.742. The van der Waals surface area contributed by atoms with E-state index in [0.29, 0.717) is 0 Å². The molecular formula is C15H21N5. The van der Waals surface area contributed by atoms with Gasteiger partial charge in [-0.25, -0.2) is 9.97 Å². The predicted molar refractivity (Wildman–Crippen MR) is 80.5 cm³/mol. The summed E-state index contributed by atoms with van der Waals surface area (Å²) in [5.74, 6) is 0.742. The molecule has 0 aliphatic carbocycles. The van der Waals surface area contributed by atoms with Crippen molar-refractivity contribution in [2.75, 3.05) is 18.5 Å². The Labute approximate surface area is 120 Å².